The van der Waals surface area contributed by atoms with E-state index >= 15 is 0 Å². The molecule has 2 aromatic rings. The summed E-state index contributed by atoms with van der Waals surface area (Å²) in [6.45, 7) is 3.52. The Labute approximate surface area is 156 Å². The molecule has 1 fully saturated rings. The van der Waals surface area contributed by atoms with Crippen molar-refractivity contribution >= 4 is 11.7 Å². The number of hydrogen-bond donors (Lipinski definition) is 1. The number of benzene rings is 2. The van der Waals surface area contributed by atoms with Crippen molar-refractivity contribution in [3.63, 3.8) is 0 Å². The van der Waals surface area contributed by atoms with Crippen LogP contribution < -0.4 is 14.4 Å². The largest absolute Gasteiger partial charge is 0.486 e. The number of fused-ring (bicyclic) bond motifs is 1. The minimum atomic E-state index is -0.887. The Kier molecular flexibility index (Phi) is 4.85. The van der Waals surface area contributed by atoms with Crippen LogP contribution in [0, 0.1) is 5.82 Å². The minimum Gasteiger partial charge on any atom is -0.486 e. The van der Waals surface area contributed by atoms with Gasteiger partial charge in [0.05, 0.1) is 0 Å². The maximum absolute atomic E-state index is 13.1. The van der Waals surface area contributed by atoms with Gasteiger partial charge in [0.15, 0.2) is 11.5 Å². The molecule has 2 aliphatic heterocycles. The molecule has 0 spiro atoms. The second kappa shape index (κ2) is 7.44. The van der Waals surface area contributed by atoms with Crippen LogP contribution in [-0.2, 0) is 4.79 Å². The number of ether oxygens (including phenoxy) is 2. The lowest BCUT2D eigenvalue weighted by molar-refractivity contribution is -0.143. The summed E-state index contributed by atoms with van der Waals surface area (Å²) in [5.41, 5.74) is 1.63. The van der Waals surface area contributed by atoms with E-state index in [-0.39, 0.29) is 5.82 Å². The van der Waals surface area contributed by atoms with E-state index < -0.39 is 12.0 Å². The Balaban J connectivity index is 1.49. The third-order valence-corrected chi connectivity index (χ3v) is 4.99. The molecule has 0 aromatic heterocycles. The average molecular weight is 372 g/mol. The van der Waals surface area contributed by atoms with Crippen molar-refractivity contribution in [3.05, 3.63) is 53.8 Å². The second-order valence-electron chi connectivity index (χ2n) is 6.64. The molecule has 0 aliphatic carbocycles. The van der Waals surface area contributed by atoms with E-state index in [2.05, 4.69) is 4.90 Å². The number of nitrogens with zero attached hydrogens (tertiary/aromatic N) is 2. The molecule has 27 heavy (non-hydrogen) atoms. The Morgan fingerprint density at radius 2 is 1.63 bits per heavy atom. The molecule has 7 heteroatoms. The van der Waals surface area contributed by atoms with Gasteiger partial charge in [0.1, 0.15) is 25.1 Å². The molecule has 2 aliphatic rings. The highest BCUT2D eigenvalue weighted by Crippen LogP contribution is 2.34. The Bertz CT molecular complexity index is 819. The van der Waals surface area contributed by atoms with E-state index in [1.807, 2.05) is 4.90 Å². The number of aliphatic carboxylic acids is 1. The predicted molar refractivity (Wildman–Crippen MR) is 98.0 cm³/mol. The molecule has 1 N–H and O–H groups in total. The molecule has 1 atom stereocenters. The summed E-state index contributed by atoms with van der Waals surface area (Å²) in [5.74, 6) is 0.0917. The third-order valence-electron chi connectivity index (χ3n) is 4.99. The zero-order valence-electron chi connectivity index (χ0n) is 14.8. The fraction of sp³-hybridized carbons (Fsp3) is 0.350. The molecule has 0 amide bonds. The molecule has 0 bridgehead atoms. The lowest BCUT2D eigenvalue weighted by Gasteiger charge is -2.39. The van der Waals surface area contributed by atoms with Crippen LogP contribution in [0.25, 0.3) is 0 Å². The van der Waals surface area contributed by atoms with Gasteiger partial charge in [0.25, 0.3) is 0 Å². The molecule has 0 unspecified atom stereocenters. The average Bonchev–Trinajstić information content (AvgIpc) is 2.69. The zero-order valence-corrected chi connectivity index (χ0v) is 14.8. The monoisotopic (exact) mass is 372 g/mol. The lowest BCUT2D eigenvalue weighted by Crippen LogP contribution is -2.49. The molecular weight excluding hydrogens is 351 g/mol. The number of anilines is 1. The fourth-order valence-corrected chi connectivity index (χ4v) is 3.63. The zero-order chi connectivity index (χ0) is 18.8. The molecule has 6 nitrogen and oxygen atoms in total. The van der Waals surface area contributed by atoms with Crippen LogP contribution in [0.2, 0.25) is 0 Å². The quantitative estimate of drug-likeness (QED) is 0.890. The van der Waals surface area contributed by atoms with Crippen LogP contribution in [0.4, 0.5) is 10.1 Å². The molecule has 4 rings (SSSR count). The van der Waals surface area contributed by atoms with E-state index in [4.69, 9.17) is 9.47 Å². The fourth-order valence-electron chi connectivity index (χ4n) is 3.63. The van der Waals surface area contributed by atoms with Gasteiger partial charge in [-0.3, -0.25) is 9.69 Å². The van der Waals surface area contributed by atoms with Gasteiger partial charge in [0, 0.05) is 31.9 Å². The first-order valence-electron chi connectivity index (χ1n) is 8.99. The van der Waals surface area contributed by atoms with Crippen LogP contribution in [0.3, 0.4) is 0 Å². The second-order valence-corrected chi connectivity index (χ2v) is 6.64. The first-order chi connectivity index (χ1) is 13.1. The summed E-state index contributed by atoms with van der Waals surface area (Å²) >= 11 is 0. The van der Waals surface area contributed by atoms with E-state index in [1.165, 1.54) is 12.1 Å². The lowest BCUT2D eigenvalue weighted by atomic mass is 10.0. The molecule has 1 saturated heterocycles. The summed E-state index contributed by atoms with van der Waals surface area (Å²) in [6.07, 6.45) is 0. The maximum atomic E-state index is 13.1. The van der Waals surface area contributed by atoms with Crippen LogP contribution >= 0.6 is 0 Å². The number of rotatable bonds is 4. The van der Waals surface area contributed by atoms with Crippen molar-refractivity contribution < 1.29 is 23.8 Å². The smallest absolute Gasteiger partial charge is 0.325 e. The summed E-state index contributed by atoms with van der Waals surface area (Å²) in [7, 11) is 0. The SMILES string of the molecule is O=C(O)[C@H](c1ccc2c(c1)OCCO2)N1CCN(c2ccc(F)cc2)CC1. The van der Waals surface area contributed by atoms with E-state index in [0.29, 0.717) is 56.5 Å². The number of carboxylic acid groups (broad SMARTS) is 1. The summed E-state index contributed by atoms with van der Waals surface area (Å²) in [6, 6.07) is 11.0. The van der Waals surface area contributed by atoms with Crippen LogP contribution in [0.1, 0.15) is 11.6 Å². The molecule has 142 valence electrons. The predicted octanol–water partition coefficient (Wildman–Crippen LogP) is 2.54. The highest BCUT2D eigenvalue weighted by atomic mass is 19.1. The third kappa shape index (κ3) is 3.68. The summed E-state index contributed by atoms with van der Waals surface area (Å²) in [5, 5.41) is 9.83. The Hall–Kier alpha value is -2.80. The number of halogens is 1. The minimum absolute atomic E-state index is 0.262. The number of hydrogen-bond acceptors (Lipinski definition) is 5. The van der Waals surface area contributed by atoms with Crippen molar-refractivity contribution in [1.29, 1.82) is 0 Å². The van der Waals surface area contributed by atoms with Crippen molar-refractivity contribution in [3.8, 4) is 11.5 Å². The van der Waals surface area contributed by atoms with Crippen LogP contribution in [0.15, 0.2) is 42.5 Å². The summed E-state index contributed by atoms with van der Waals surface area (Å²) in [4.78, 5) is 16.1. The van der Waals surface area contributed by atoms with Crippen molar-refractivity contribution in [2.24, 2.45) is 0 Å². The molecule has 2 aromatic carbocycles. The number of carbonyl (C=O) groups is 1. The van der Waals surface area contributed by atoms with Crippen molar-refractivity contribution in [2.75, 3.05) is 44.3 Å². The van der Waals surface area contributed by atoms with Crippen molar-refractivity contribution in [1.82, 2.24) is 4.90 Å². The van der Waals surface area contributed by atoms with Gasteiger partial charge in [0.2, 0.25) is 0 Å². The first-order valence-corrected chi connectivity index (χ1v) is 8.99. The Morgan fingerprint density at radius 3 is 2.30 bits per heavy atom. The molecule has 0 radical (unpaired) electrons. The van der Waals surface area contributed by atoms with Crippen LogP contribution in [-0.4, -0.2) is 55.4 Å². The molecule has 2 heterocycles. The van der Waals surface area contributed by atoms with Gasteiger partial charge in [-0.1, -0.05) is 6.07 Å². The number of carboxylic acids is 1. The first kappa shape index (κ1) is 17.6. The molecule has 0 saturated carbocycles. The topological polar surface area (TPSA) is 62.2 Å². The van der Waals surface area contributed by atoms with Gasteiger partial charge < -0.3 is 19.5 Å². The van der Waals surface area contributed by atoms with E-state index in [0.717, 1.165) is 5.69 Å². The van der Waals surface area contributed by atoms with Crippen LogP contribution in [0.5, 0.6) is 11.5 Å². The van der Waals surface area contributed by atoms with E-state index in [9.17, 15) is 14.3 Å². The normalized spacial score (nSPS) is 18.2. The summed E-state index contributed by atoms with van der Waals surface area (Å²) < 4.78 is 24.2. The van der Waals surface area contributed by atoms with Crippen molar-refractivity contribution in [2.45, 2.75) is 6.04 Å². The maximum Gasteiger partial charge on any atom is 0.325 e. The standard InChI is InChI=1S/C20H21FN2O4/c21-15-2-4-16(5-3-15)22-7-9-23(10-8-22)19(20(24)25)14-1-6-17-18(13-14)27-12-11-26-17/h1-6,13,19H,7-12H2,(H,24,25)/t19-/m0/s1. The van der Waals surface area contributed by atoms with Gasteiger partial charge in [-0.25, -0.2) is 4.39 Å². The Morgan fingerprint density at radius 1 is 0.963 bits per heavy atom. The van der Waals surface area contributed by atoms with Gasteiger partial charge in [-0.2, -0.15) is 0 Å². The molecular formula is C20H21FN2O4. The van der Waals surface area contributed by atoms with Gasteiger partial charge in [-0.05, 0) is 42.0 Å². The van der Waals surface area contributed by atoms with E-state index in [1.54, 1.807) is 30.3 Å². The van der Waals surface area contributed by atoms with Gasteiger partial charge in [-0.15, -0.1) is 0 Å². The highest BCUT2D eigenvalue weighted by Gasteiger charge is 2.31. The highest BCUT2D eigenvalue weighted by molar-refractivity contribution is 5.76. The van der Waals surface area contributed by atoms with Gasteiger partial charge >= 0.3 is 5.97 Å². The number of piperazine rings is 1.